The van der Waals surface area contributed by atoms with Crippen LogP contribution in [0.3, 0.4) is 0 Å². The van der Waals surface area contributed by atoms with E-state index in [0.29, 0.717) is 20.9 Å². The van der Waals surface area contributed by atoms with E-state index in [-0.39, 0.29) is 5.91 Å². The number of methoxy groups -OCH3 is 1. The van der Waals surface area contributed by atoms with Crippen LogP contribution in [0, 0.1) is 0 Å². The van der Waals surface area contributed by atoms with Gasteiger partial charge in [0.1, 0.15) is 11.4 Å². The Morgan fingerprint density at radius 1 is 1.26 bits per heavy atom. The van der Waals surface area contributed by atoms with Crippen LogP contribution >= 0.6 is 27.3 Å². The van der Waals surface area contributed by atoms with Gasteiger partial charge < -0.3 is 4.74 Å². The molecule has 2 heterocycles. The highest BCUT2D eigenvalue weighted by Crippen LogP contribution is 2.26. The molecular weight excluding hydrogens is 378 g/mol. The Balaban J connectivity index is 1.80. The number of rotatable bonds is 4. The van der Waals surface area contributed by atoms with Gasteiger partial charge in [0, 0.05) is 16.0 Å². The van der Waals surface area contributed by atoms with Crippen LogP contribution in [0.5, 0.6) is 5.75 Å². The zero-order chi connectivity index (χ0) is 16.2. The fourth-order valence-electron chi connectivity index (χ4n) is 1.93. The number of pyridine rings is 1. The molecule has 116 valence electrons. The van der Waals surface area contributed by atoms with Gasteiger partial charge >= 0.3 is 0 Å². The van der Waals surface area contributed by atoms with Crippen molar-refractivity contribution >= 4 is 38.3 Å². The topological polar surface area (TPSA) is 64.1 Å². The van der Waals surface area contributed by atoms with E-state index >= 15 is 0 Å². The first-order valence-electron chi connectivity index (χ1n) is 6.69. The van der Waals surface area contributed by atoms with Crippen molar-refractivity contribution in [1.82, 2.24) is 9.97 Å². The zero-order valence-corrected chi connectivity index (χ0v) is 14.5. The fraction of sp³-hybridized carbons (Fsp3) is 0.0625. The summed E-state index contributed by atoms with van der Waals surface area (Å²) in [7, 11) is 1.56. The van der Waals surface area contributed by atoms with Gasteiger partial charge in [0.05, 0.1) is 18.4 Å². The Kier molecular flexibility index (Phi) is 4.68. The van der Waals surface area contributed by atoms with E-state index in [2.05, 4.69) is 31.2 Å². The van der Waals surface area contributed by atoms with Crippen molar-refractivity contribution in [3.8, 4) is 17.1 Å². The Labute approximate surface area is 145 Å². The van der Waals surface area contributed by atoms with E-state index in [1.165, 1.54) is 11.3 Å². The number of thiazole rings is 1. The molecule has 0 aliphatic carbocycles. The number of amides is 1. The van der Waals surface area contributed by atoms with Gasteiger partial charge in [-0.05, 0) is 46.3 Å². The average Bonchev–Trinajstić information content (AvgIpc) is 3.04. The lowest BCUT2D eigenvalue weighted by Gasteiger charge is -2.06. The monoisotopic (exact) mass is 389 g/mol. The molecule has 1 N–H and O–H groups in total. The van der Waals surface area contributed by atoms with Crippen molar-refractivity contribution in [2.75, 3.05) is 12.4 Å². The minimum absolute atomic E-state index is 0.252. The van der Waals surface area contributed by atoms with Crippen LogP contribution in [-0.4, -0.2) is 23.0 Å². The molecule has 0 radical (unpaired) electrons. The van der Waals surface area contributed by atoms with Crippen LogP contribution in [0.2, 0.25) is 0 Å². The molecular formula is C16H12BrN3O2S. The number of aromatic nitrogens is 2. The second-order valence-electron chi connectivity index (χ2n) is 4.55. The molecule has 0 unspecified atom stereocenters. The van der Waals surface area contributed by atoms with E-state index in [4.69, 9.17) is 4.74 Å². The summed E-state index contributed by atoms with van der Waals surface area (Å²) in [6.07, 6.45) is 1.71. The summed E-state index contributed by atoms with van der Waals surface area (Å²) in [5.41, 5.74) is 1.99. The molecule has 0 spiro atoms. The van der Waals surface area contributed by atoms with Crippen molar-refractivity contribution in [1.29, 1.82) is 0 Å². The first-order chi connectivity index (χ1) is 11.2. The summed E-state index contributed by atoms with van der Waals surface area (Å²) in [5, 5.41) is 5.17. The summed E-state index contributed by atoms with van der Waals surface area (Å²) < 4.78 is 5.84. The Bertz CT molecular complexity index is 836. The third-order valence-corrected chi connectivity index (χ3v) is 4.52. The van der Waals surface area contributed by atoms with Crippen LogP contribution in [0.15, 0.2) is 52.4 Å². The molecule has 0 aliphatic heterocycles. The molecule has 0 fully saturated rings. The molecule has 5 nitrogen and oxygen atoms in total. The largest absolute Gasteiger partial charge is 0.497 e. The summed E-state index contributed by atoms with van der Waals surface area (Å²) in [5.74, 6) is 0.365. The van der Waals surface area contributed by atoms with Crippen molar-refractivity contribution in [3.05, 3.63) is 58.0 Å². The molecule has 0 saturated carbocycles. The highest BCUT2D eigenvalue weighted by molar-refractivity contribution is 9.10. The van der Waals surface area contributed by atoms with Gasteiger partial charge in [0.2, 0.25) is 0 Å². The number of ether oxygens (including phenoxy) is 1. The van der Waals surface area contributed by atoms with E-state index < -0.39 is 0 Å². The minimum atomic E-state index is -0.252. The Morgan fingerprint density at radius 2 is 2.13 bits per heavy atom. The SMILES string of the molecule is COc1ccc(Br)c(C(=O)Nc2nc(-c3ccccn3)cs2)c1. The van der Waals surface area contributed by atoms with Gasteiger partial charge in [-0.3, -0.25) is 15.1 Å². The molecule has 23 heavy (non-hydrogen) atoms. The lowest BCUT2D eigenvalue weighted by atomic mass is 10.2. The highest BCUT2D eigenvalue weighted by Gasteiger charge is 2.14. The number of carbonyl (C=O) groups is 1. The molecule has 2 aromatic heterocycles. The first-order valence-corrected chi connectivity index (χ1v) is 8.36. The Morgan fingerprint density at radius 3 is 2.87 bits per heavy atom. The molecule has 3 aromatic rings. The molecule has 1 aromatic carbocycles. The number of carbonyl (C=O) groups excluding carboxylic acids is 1. The average molecular weight is 390 g/mol. The van der Waals surface area contributed by atoms with E-state index in [1.54, 1.807) is 31.5 Å². The molecule has 7 heteroatoms. The number of hydrogen-bond donors (Lipinski definition) is 1. The predicted octanol–water partition coefficient (Wildman–Crippen LogP) is 4.23. The van der Waals surface area contributed by atoms with E-state index in [1.807, 2.05) is 23.6 Å². The second kappa shape index (κ2) is 6.89. The van der Waals surface area contributed by atoms with E-state index in [0.717, 1.165) is 11.4 Å². The first kappa shape index (κ1) is 15.6. The number of nitrogens with one attached hydrogen (secondary N) is 1. The van der Waals surface area contributed by atoms with E-state index in [9.17, 15) is 4.79 Å². The van der Waals surface area contributed by atoms with Crippen molar-refractivity contribution < 1.29 is 9.53 Å². The van der Waals surface area contributed by atoms with Gasteiger partial charge in [-0.15, -0.1) is 11.3 Å². The summed E-state index contributed by atoms with van der Waals surface area (Å²) in [6, 6.07) is 10.8. The van der Waals surface area contributed by atoms with Gasteiger partial charge in [0.15, 0.2) is 5.13 Å². The van der Waals surface area contributed by atoms with Crippen LogP contribution < -0.4 is 10.1 Å². The fourth-order valence-corrected chi connectivity index (χ4v) is 3.06. The number of hydrogen-bond acceptors (Lipinski definition) is 5. The van der Waals surface area contributed by atoms with Crippen LogP contribution in [0.1, 0.15) is 10.4 Å². The number of halogens is 1. The molecule has 0 aliphatic rings. The second-order valence-corrected chi connectivity index (χ2v) is 6.27. The van der Waals surface area contributed by atoms with Crippen molar-refractivity contribution in [3.63, 3.8) is 0 Å². The normalized spacial score (nSPS) is 10.3. The van der Waals surface area contributed by atoms with Gasteiger partial charge in [-0.2, -0.15) is 0 Å². The molecule has 0 bridgehead atoms. The maximum atomic E-state index is 12.4. The lowest BCUT2D eigenvalue weighted by Crippen LogP contribution is -2.12. The zero-order valence-electron chi connectivity index (χ0n) is 12.1. The number of nitrogens with zero attached hydrogens (tertiary/aromatic N) is 2. The van der Waals surface area contributed by atoms with Gasteiger partial charge in [-0.25, -0.2) is 4.98 Å². The predicted molar refractivity (Wildman–Crippen MR) is 94.0 cm³/mol. The minimum Gasteiger partial charge on any atom is -0.497 e. The summed E-state index contributed by atoms with van der Waals surface area (Å²) in [4.78, 5) is 21.0. The van der Waals surface area contributed by atoms with Crippen LogP contribution in [0.25, 0.3) is 11.4 Å². The maximum absolute atomic E-state index is 12.4. The van der Waals surface area contributed by atoms with Gasteiger partial charge in [-0.1, -0.05) is 6.07 Å². The van der Waals surface area contributed by atoms with Crippen LogP contribution in [0.4, 0.5) is 5.13 Å². The van der Waals surface area contributed by atoms with Crippen LogP contribution in [-0.2, 0) is 0 Å². The molecule has 0 atom stereocenters. The quantitative estimate of drug-likeness (QED) is 0.724. The molecule has 1 amide bonds. The highest BCUT2D eigenvalue weighted by atomic mass is 79.9. The smallest absolute Gasteiger partial charge is 0.258 e. The summed E-state index contributed by atoms with van der Waals surface area (Å²) in [6.45, 7) is 0. The number of anilines is 1. The van der Waals surface area contributed by atoms with Crippen molar-refractivity contribution in [2.24, 2.45) is 0 Å². The lowest BCUT2D eigenvalue weighted by molar-refractivity contribution is 0.102. The number of benzene rings is 1. The molecule has 0 saturated heterocycles. The Hall–Kier alpha value is -2.25. The standard InChI is InChI=1S/C16H12BrN3O2S/c1-22-10-5-6-12(17)11(8-10)15(21)20-16-19-14(9-23-16)13-4-2-3-7-18-13/h2-9H,1H3,(H,19,20,21). The molecule has 3 rings (SSSR count). The summed E-state index contributed by atoms with van der Waals surface area (Å²) >= 11 is 4.73. The van der Waals surface area contributed by atoms with Gasteiger partial charge in [0.25, 0.3) is 5.91 Å². The third-order valence-electron chi connectivity index (χ3n) is 3.07. The van der Waals surface area contributed by atoms with Crippen molar-refractivity contribution in [2.45, 2.75) is 0 Å². The maximum Gasteiger partial charge on any atom is 0.258 e. The third kappa shape index (κ3) is 3.57.